The Labute approximate surface area is 110 Å². The summed E-state index contributed by atoms with van der Waals surface area (Å²) in [5.74, 6) is 0. The number of halogens is 7. The highest BCUT2D eigenvalue weighted by Crippen LogP contribution is 2.51. The summed E-state index contributed by atoms with van der Waals surface area (Å²) >= 11 is 40.3. The van der Waals surface area contributed by atoms with Gasteiger partial charge >= 0.3 is 0 Å². The molecule has 0 aromatic rings. The molecular weight excluding hydrogens is 320 g/mol. The van der Waals surface area contributed by atoms with Gasteiger partial charge in [0.2, 0.25) is 0 Å². The lowest BCUT2D eigenvalue weighted by atomic mass is 10.1. The van der Waals surface area contributed by atoms with Crippen molar-refractivity contribution in [1.29, 1.82) is 0 Å². The summed E-state index contributed by atoms with van der Waals surface area (Å²) in [6, 6.07) is 0. The average molecular weight is 321 g/mol. The van der Waals surface area contributed by atoms with E-state index in [1.807, 2.05) is 0 Å². The van der Waals surface area contributed by atoms with Crippen LogP contribution in [0.1, 0.15) is 0 Å². The van der Waals surface area contributed by atoms with E-state index in [0.29, 0.717) is 0 Å². The van der Waals surface area contributed by atoms with Gasteiger partial charge in [0.1, 0.15) is 5.38 Å². The summed E-state index contributed by atoms with van der Waals surface area (Å²) in [6.45, 7) is 0. The van der Waals surface area contributed by atoms with Crippen LogP contribution in [0.5, 0.6) is 0 Å². The number of hydrogen-bond acceptors (Lipinski definition) is 0. The molecule has 0 aliphatic heterocycles. The molecule has 1 rings (SSSR count). The third kappa shape index (κ3) is 2.06. The Balaban J connectivity index is 3.32. The molecule has 0 heterocycles. The van der Waals surface area contributed by atoms with Crippen LogP contribution in [-0.2, 0) is 0 Å². The van der Waals surface area contributed by atoms with Crippen LogP contribution in [0.15, 0.2) is 20.1 Å². The minimum absolute atomic E-state index is 0.0214. The van der Waals surface area contributed by atoms with Crippen LogP contribution in [0.25, 0.3) is 0 Å². The maximum absolute atomic E-state index is 5.81. The molecular formula is C6HCl7. The molecule has 0 saturated heterocycles. The third-order valence-corrected chi connectivity index (χ3v) is 5.27. The van der Waals surface area contributed by atoms with E-state index in [9.17, 15) is 0 Å². The molecule has 1 aliphatic carbocycles. The first-order chi connectivity index (χ1) is 5.80. The largest absolute Gasteiger partial charge is 0.176 e. The molecule has 13 heavy (non-hydrogen) atoms. The fourth-order valence-corrected chi connectivity index (χ4v) is 2.69. The van der Waals surface area contributed by atoms with Crippen molar-refractivity contribution in [2.24, 2.45) is 0 Å². The Morgan fingerprint density at radius 2 is 1.38 bits per heavy atom. The van der Waals surface area contributed by atoms with Gasteiger partial charge in [0.25, 0.3) is 0 Å². The topological polar surface area (TPSA) is 0 Å². The zero-order valence-corrected chi connectivity index (χ0v) is 11.0. The average Bonchev–Trinajstić information content (AvgIpc) is 2.09. The molecule has 1 atom stereocenters. The number of alkyl halides is 3. The molecule has 0 aromatic carbocycles. The van der Waals surface area contributed by atoms with Gasteiger partial charge in [-0.15, -0.1) is 11.6 Å². The first kappa shape index (κ1) is 12.6. The lowest BCUT2D eigenvalue weighted by Gasteiger charge is -2.29. The maximum atomic E-state index is 5.81. The van der Waals surface area contributed by atoms with Crippen LogP contribution in [0.4, 0.5) is 0 Å². The standard InChI is InChI=1S/C6HCl7/c7-1-2(8)4(10)6(12,13)5(11)3(1)9/h4H. The highest BCUT2D eigenvalue weighted by atomic mass is 35.5. The van der Waals surface area contributed by atoms with Crippen LogP contribution in [-0.4, -0.2) is 9.71 Å². The van der Waals surface area contributed by atoms with Gasteiger partial charge in [-0.3, -0.25) is 0 Å². The summed E-state index contributed by atoms with van der Waals surface area (Å²) in [5.41, 5.74) is 0. The Bertz CT molecular complexity index is 300. The van der Waals surface area contributed by atoms with E-state index in [-0.39, 0.29) is 20.1 Å². The summed E-state index contributed by atoms with van der Waals surface area (Å²) in [5, 5.41) is -0.741. The minimum Gasteiger partial charge on any atom is -0.113 e. The van der Waals surface area contributed by atoms with E-state index in [0.717, 1.165) is 0 Å². The highest BCUT2D eigenvalue weighted by molar-refractivity contribution is 6.64. The van der Waals surface area contributed by atoms with E-state index in [1.165, 1.54) is 0 Å². The Hall–Kier alpha value is 1.51. The third-order valence-electron chi connectivity index (χ3n) is 1.43. The summed E-state index contributed by atoms with van der Waals surface area (Å²) in [7, 11) is 0. The van der Waals surface area contributed by atoms with Gasteiger partial charge in [0.15, 0.2) is 4.33 Å². The molecule has 74 valence electrons. The van der Waals surface area contributed by atoms with Crippen molar-refractivity contribution in [2.45, 2.75) is 9.71 Å². The van der Waals surface area contributed by atoms with Gasteiger partial charge in [0, 0.05) is 0 Å². The first-order valence-electron chi connectivity index (χ1n) is 2.93. The molecule has 0 spiro atoms. The van der Waals surface area contributed by atoms with E-state index >= 15 is 0 Å². The molecule has 0 nitrogen and oxygen atoms in total. The smallest absolute Gasteiger partial charge is 0.113 e. The van der Waals surface area contributed by atoms with Gasteiger partial charge in [-0.1, -0.05) is 69.6 Å². The molecule has 1 unspecified atom stereocenters. The van der Waals surface area contributed by atoms with Crippen molar-refractivity contribution in [2.75, 3.05) is 0 Å². The molecule has 0 saturated carbocycles. The Morgan fingerprint density at radius 1 is 0.923 bits per heavy atom. The fourth-order valence-electron chi connectivity index (χ4n) is 0.729. The molecule has 0 radical (unpaired) electrons. The SMILES string of the molecule is ClC1=C(Cl)C(Cl)C(Cl)(Cl)C(Cl)=C1Cl. The van der Waals surface area contributed by atoms with Gasteiger partial charge in [-0.2, -0.15) is 0 Å². The lowest BCUT2D eigenvalue weighted by molar-refractivity contribution is 0.928. The van der Waals surface area contributed by atoms with Gasteiger partial charge in [-0.05, 0) is 0 Å². The van der Waals surface area contributed by atoms with Crippen LogP contribution >= 0.6 is 81.2 Å². The van der Waals surface area contributed by atoms with Crippen molar-refractivity contribution in [1.82, 2.24) is 0 Å². The predicted molar refractivity (Wildman–Crippen MR) is 61.5 cm³/mol. The summed E-state index contributed by atoms with van der Waals surface area (Å²) in [6.07, 6.45) is 0. The first-order valence-corrected chi connectivity index (χ1v) is 5.63. The zero-order chi connectivity index (χ0) is 10.4. The van der Waals surface area contributed by atoms with Crippen molar-refractivity contribution in [3.05, 3.63) is 20.1 Å². The second kappa shape index (κ2) is 4.17. The Kier molecular flexibility index (Phi) is 4.04. The van der Waals surface area contributed by atoms with Gasteiger partial charge < -0.3 is 0 Å². The van der Waals surface area contributed by atoms with Crippen LogP contribution < -0.4 is 0 Å². The summed E-state index contributed by atoms with van der Waals surface area (Å²) in [4.78, 5) is 0. The summed E-state index contributed by atoms with van der Waals surface area (Å²) < 4.78 is -1.53. The molecule has 1 aliphatic rings. The van der Waals surface area contributed by atoms with Gasteiger partial charge in [0.05, 0.1) is 20.1 Å². The van der Waals surface area contributed by atoms with Crippen molar-refractivity contribution in [3.8, 4) is 0 Å². The number of rotatable bonds is 0. The van der Waals surface area contributed by atoms with Crippen LogP contribution in [0, 0.1) is 0 Å². The minimum atomic E-state index is -1.53. The molecule has 0 bridgehead atoms. The van der Waals surface area contributed by atoms with Gasteiger partial charge in [-0.25, -0.2) is 0 Å². The van der Waals surface area contributed by atoms with Crippen molar-refractivity contribution in [3.63, 3.8) is 0 Å². The molecule has 0 amide bonds. The zero-order valence-electron chi connectivity index (χ0n) is 5.72. The second-order valence-corrected chi connectivity index (χ2v) is 5.64. The van der Waals surface area contributed by atoms with E-state index in [4.69, 9.17) is 81.2 Å². The molecule has 0 fully saturated rings. The quantitative estimate of drug-likeness (QED) is 0.541. The lowest BCUT2D eigenvalue weighted by Crippen LogP contribution is -2.31. The normalized spacial score (nSPS) is 28.4. The molecule has 7 heteroatoms. The van der Waals surface area contributed by atoms with Crippen LogP contribution in [0.3, 0.4) is 0 Å². The number of allylic oxidation sites excluding steroid dienone is 4. The second-order valence-electron chi connectivity index (χ2n) is 2.28. The van der Waals surface area contributed by atoms with Crippen LogP contribution in [0.2, 0.25) is 0 Å². The van der Waals surface area contributed by atoms with E-state index in [2.05, 4.69) is 0 Å². The van der Waals surface area contributed by atoms with E-state index < -0.39 is 9.71 Å². The van der Waals surface area contributed by atoms with Crippen molar-refractivity contribution >= 4 is 81.2 Å². The monoisotopic (exact) mass is 318 g/mol. The molecule has 0 N–H and O–H groups in total. The van der Waals surface area contributed by atoms with E-state index in [1.54, 1.807) is 0 Å². The highest BCUT2D eigenvalue weighted by Gasteiger charge is 2.45. The fraction of sp³-hybridized carbons (Fsp3) is 0.333. The predicted octanol–water partition coefficient (Wildman–Crippen LogP) is 5.16. The number of hydrogen-bond donors (Lipinski definition) is 0. The van der Waals surface area contributed by atoms with Crippen molar-refractivity contribution < 1.29 is 0 Å². The maximum Gasteiger partial charge on any atom is 0.176 e. The molecule has 0 aromatic heterocycles. The Morgan fingerprint density at radius 3 is 1.85 bits per heavy atom.